The van der Waals surface area contributed by atoms with Gasteiger partial charge in [-0.25, -0.2) is 16.8 Å². The van der Waals surface area contributed by atoms with Gasteiger partial charge in [0.2, 0.25) is 9.05 Å². The molecule has 2 unspecified atom stereocenters. The van der Waals surface area contributed by atoms with Crippen molar-refractivity contribution >= 4 is 41.2 Å². The summed E-state index contributed by atoms with van der Waals surface area (Å²) >= 11 is 5.50. The molecule has 0 amide bonds. The molecule has 1 rings (SSSR count). The van der Waals surface area contributed by atoms with E-state index in [-0.39, 0.29) is 5.75 Å². The molecule has 0 N–H and O–H groups in total. The summed E-state index contributed by atoms with van der Waals surface area (Å²) in [6, 6.07) is 0. The summed E-state index contributed by atoms with van der Waals surface area (Å²) in [4.78, 5) is 0. The number of rotatable bonds is 1. The minimum absolute atomic E-state index is 0.314. The predicted octanol–water partition coefficient (Wildman–Crippen LogP) is -0.0406. The molecular weight excluding hydrogens is 247 g/mol. The zero-order valence-corrected chi connectivity index (χ0v) is 8.92. The highest BCUT2D eigenvalue weighted by Crippen LogP contribution is 2.26. The second-order valence-corrected chi connectivity index (χ2v) is 8.17. The molecule has 0 aromatic rings. The highest BCUT2D eigenvalue weighted by Gasteiger charge is 2.43. The summed E-state index contributed by atoms with van der Waals surface area (Å²) in [5, 5.41) is -2.08. The minimum Gasteiger partial charge on any atom is -0.229 e. The Hall–Kier alpha value is 0.480. The number of alkyl halides is 1. The fourth-order valence-electron chi connectivity index (χ4n) is 1.03. The Morgan fingerprint density at radius 3 is 1.92 bits per heavy atom. The zero-order valence-electron chi connectivity index (χ0n) is 5.77. The Morgan fingerprint density at radius 1 is 1.25 bits per heavy atom. The van der Waals surface area contributed by atoms with Crippen LogP contribution in [0.5, 0.6) is 0 Å². The average molecular weight is 253 g/mol. The summed E-state index contributed by atoms with van der Waals surface area (Å²) in [6.45, 7) is 0. The van der Waals surface area contributed by atoms with E-state index in [9.17, 15) is 16.8 Å². The molecule has 8 heteroatoms. The smallest absolute Gasteiger partial charge is 0.229 e. The Morgan fingerprint density at radius 2 is 1.75 bits per heavy atom. The molecule has 0 bridgehead atoms. The van der Waals surface area contributed by atoms with Crippen LogP contribution in [0.25, 0.3) is 0 Å². The standard InChI is InChI=1S/C4H6Cl2O4S2/c5-3-1-11(7,8)2-4(3)12(6,9)10/h3-4H,1-2H2. The zero-order chi connectivity index (χ0) is 9.57. The molecule has 2 atom stereocenters. The Labute approximate surface area is 80.2 Å². The van der Waals surface area contributed by atoms with Crippen molar-refractivity contribution in [3.05, 3.63) is 0 Å². The van der Waals surface area contributed by atoms with Crippen molar-refractivity contribution in [2.45, 2.75) is 10.6 Å². The van der Waals surface area contributed by atoms with Crippen LogP contribution in [0.3, 0.4) is 0 Å². The van der Waals surface area contributed by atoms with E-state index in [2.05, 4.69) is 0 Å². The molecule has 1 heterocycles. The molecule has 1 aliphatic heterocycles. The lowest BCUT2D eigenvalue weighted by atomic mass is 10.4. The first kappa shape index (κ1) is 10.6. The summed E-state index contributed by atoms with van der Waals surface area (Å²) < 4.78 is 43.3. The van der Waals surface area contributed by atoms with Gasteiger partial charge in [0.1, 0.15) is 5.25 Å². The molecule has 0 aromatic heterocycles. The van der Waals surface area contributed by atoms with Crippen LogP contribution in [0.4, 0.5) is 0 Å². The third-order valence-electron chi connectivity index (χ3n) is 1.60. The van der Waals surface area contributed by atoms with Gasteiger partial charge in [0.05, 0.1) is 16.9 Å². The van der Waals surface area contributed by atoms with Gasteiger partial charge in [-0.2, -0.15) is 0 Å². The van der Waals surface area contributed by atoms with E-state index < -0.39 is 35.3 Å². The quantitative estimate of drug-likeness (QED) is 0.485. The van der Waals surface area contributed by atoms with Gasteiger partial charge in [0, 0.05) is 10.7 Å². The highest BCUT2D eigenvalue weighted by atomic mass is 35.7. The maximum absolute atomic E-state index is 10.9. The molecule has 72 valence electrons. The molecule has 4 nitrogen and oxygen atoms in total. The Kier molecular flexibility index (Phi) is 2.65. The average Bonchev–Trinajstić information content (AvgIpc) is 2.03. The van der Waals surface area contributed by atoms with Crippen LogP contribution in [-0.2, 0) is 18.9 Å². The second kappa shape index (κ2) is 3.01. The molecule has 1 aliphatic rings. The molecule has 1 saturated heterocycles. The fraction of sp³-hybridized carbons (Fsp3) is 1.00. The topological polar surface area (TPSA) is 68.3 Å². The van der Waals surface area contributed by atoms with E-state index in [1.165, 1.54) is 0 Å². The monoisotopic (exact) mass is 252 g/mol. The molecule has 0 aromatic carbocycles. The maximum atomic E-state index is 10.9. The van der Waals surface area contributed by atoms with E-state index in [4.69, 9.17) is 22.3 Å². The van der Waals surface area contributed by atoms with Gasteiger partial charge >= 0.3 is 0 Å². The van der Waals surface area contributed by atoms with Crippen LogP contribution in [0.1, 0.15) is 0 Å². The molecular formula is C4H6Cl2O4S2. The van der Waals surface area contributed by atoms with Gasteiger partial charge in [0.25, 0.3) is 0 Å². The molecule has 1 fully saturated rings. The van der Waals surface area contributed by atoms with Crippen molar-refractivity contribution < 1.29 is 16.8 Å². The third-order valence-corrected chi connectivity index (χ3v) is 6.24. The van der Waals surface area contributed by atoms with Gasteiger partial charge in [0.15, 0.2) is 9.84 Å². The van der Waals surface area contributed by atoms with E-state index >= 15 is 0 Å². The van der Waals surface area contributed by atoms with Gasteiger partial charge in [-0.1, -0.05) is 0 Å². The number of halogens is 2. The lowest BCUT2D eigenvalue weighted by molar-refractivity contribution is 0.594. The molecule has 12 heavy (non-hydrogen) atoms. The number of sulfone groups is 1. The van der Waals surface area contributed by atoms with Crippen LogP contribution in [-0.4, -0.2) is 39.0 Å². The summed E-state index contributed by atoms with van der Waals surface area (Å²) in [6.07, 6.45) is 0. The van der Waals surface area contributed by atoms with Crippen molar-refractivity contribution in [3.8, 4) is 0 Å². The predicted molar refractivity (Wildman–Crippen MR) is 46.9 cm³/mol. The largest absolute Gasteiger partial charge is 0.237 e. The lowest BCUT2D eigenvalue weighted by Gasteiger charge is -2.05. The van der Waals surface area contributed by atoms with E-state index in [1.807, 2.05) is 0 Å². The van der Waals surface area contributed by atoms with Crippen molar-refractivity contribution in [3.63, 3.8) is 0 Å². The minimum atomic E-state index is -3.86. The normalized spacial score (nSPS) is 35.2. The van der Waals surface area contributed by atoms with Crippen LogP contribution >= 0.6 is 22.3 Å². The van der Waals surface area contributed by atoms with Gasteiger partial charge in [-0.3, -0.25) is 0 Å². The van der Waals surface area contributed by atoms with Crippen LogP contribution in [0.15, 0.2) is 0 Å². The number of hydrogen-bond donors (Lipinski definition) is 0. The summed E-state index contributed by atoms with van der Waals surface area (Å²) in [5.41, 5.74) is 0. The summed E-state index contributed by atoms with van der Waals surface area (Å²) in [7, 11) is -2.20. The Bertz CT molecular complexity index is 370. The number of hydrogen-bond acceptors (Lipinski definition) is 4. The molecule has 0 radical (unpaired) electrons. The van der Waals surface area contributed by atoms with Crippen molar-refractivity contribution in [2.24, 2.45) is 0 Å². The van der Waals surface area contributed by atoms with Gasteiger partial charge < -0.3 is 0 Å². The first-order valence-electron chi connectivity index (χ1n) is 3.00. The van der Waals surface area contributed by atoms with Gasteiger partial charge in [-0.15, -0.1) is 11.6 Å². The van der Waals surface area contributed by atoms with Crippen LogP contribution in [0, 0.1) is 0 Å². The van der Waals surface area contributed by atoms with Crippen LogP contribution in [0.2, 0.25) is 0 Å². The maximum Gasteiger partial charge on any atom is 0.237 e. The first-order valence-corrected chi connectivity index (χ1v) is 7.63. The van der Waals surface area contributed by atoms with Gasteiger partial charge in [-0.05, 0) is 0 Å². The van der Waals surface area contributed by atoms with Crippen molar-refractivity contribution in [2.75, 3.05) is 11.5 Å². The SMILES string of the molecule is O=S1(=O)CC(Cl)C(S(=O)(=O)Cl)C1. The fourth-order valence-corrected chi connectivity index (χ4v) is 6.63. The third kappa shape index (κ3) is 2.25. The summed E-state index contributed by atoms with van der Waals surface area (Å²) in [5.74, 6) is -0.780. The van der Waals surface area contributed by atoms with Crippen molar-refractivity contribution in [1.29, 1.82) is 0 Å². The molecule has 0 aliphatic carbocycles. The van der Waals surface area contributed by atoms with E-state index in [1.54, 1.807) is 0 Å². The van der Waals surface area contributed by atoms with Crippen LogP contribution < -0.4 is 0 Å². The molecule has 0 saturated carbocycles. The van der Waals surface area contributed by atoms with Crippen molar-refractivity contribution in [1.82, 2.24) is 0 Å². The highest BCUT2D eigenvalue weighted by molar-refractivity contribution is 8.15. The lowest BCUT2D eigenvalue weighted by Crippen LogP contribution is -2.25. The second-order valence-electron chi connectivity index (χ2n) is 2.61. The Balaban J connectivity index is 3.01. The molecule has 0 spiro atoms. The first-order chi connectivity index (χ1) is 5.22. The van der Waals surface area contributed by atoms with E-state index in [0.29, 0.717) is 0 Å². The van der Waals surface area contributed by atoms with E-state index in [0.717, 1.165) is 0 Å².